The molecule has 1 aliphatic carbocycles. The van der Waals surface area contributed by atoms with Crippen molar-refractivity contribution < 1.29 is 14.3 Å². The van der Waals surface area contributed by atoms with E-state index in [9.17, 15) is 4.79 Å². The molecule has 4 nitrogen and oxygen atoms in total. The molecular weight excluding hydrogens is 206 g/mol. The summed E-state index contributed by atoms with van der Waals surface area (Å²) >= 11 is 0. The van der Waals surface area contributed by atoms with Crippen LogP contribution in [0.15, 0.2) is 0 Å². The van der Waals surface area contributed by atoms with Gasteiger partial charge in [0.2, 0.25) is 0 Å². The molecule has 0 saturated heterocycles. The number of hydrogen-bond acceptors (Lipinski definition) is 4. The van der Waals surface area contributed by atoms with Gasteiger partial charge in [-0.1, -0.05) is 13.8 Å². The van der Waals surface area contributed by atoms with Gasteiger partial charge in [-0.05, 0) is 31.7 Å². The predicted octanol–water partition coefficient (Wildman–Crippen LogP) is 1.34. The zero-order chi connectivity index (χ0) is 12.0. The highest BCUT2D eigenvalue weighted by molar-refractivity contribution is 5.82. The van der Waals surface area contributed by atoms with Crippen LogP contribution >= 0.6 is 0 Å². The summed E-state index contributed by atoms with van der Waals surface area (Å²) in [5.74, 6) is 0.185. The van der Waals surface area contributed by atoms with Crippen molar-refractivity contribution in [1.82, 2.24) is 5.32 Å². The van der Waals surface area contributed by atoms with Crippen LogP contribution in [0.3, 0.4) is 0 Å². The van der Waals surface area contributed by atoms with E-state index < -0.39 is 5.54 Å². The molecule has 0 spiro atoms. The first kappa shape index (κ1) is 13.5. The highest BCUT2D eigenvalue weighted by Crippen LogP contribution is 2.40. The normalized spacial score (nSPS) is 19.2. The monoisotopic (exact) mass is 229 g/mol. The molecule has 0 aromatic heterocycles. The Balaban J connectivity index is 2.66. The molecule has 94 valence electrons. The number of carbonyl (C=O) groups is 1. The highest BCUT2D eigenvalue weighted by Gasteiger charge is 2.51. The minimum atomic E-state index is -0.612. The van der Waals surface area contributed by atoms with Crippen LogP contribution in [0.5, 0.6) is 0 Å². The van der Waals surface area contributed by atoms with E-state index in [4.69, 9.17) is 9.47 Å². The lowest BCUT2D eigenvalue weighted by atomic mass is 9.94. The molecule has 16 heavy (non-hydrogen) atoms. The van der Waals surface area contributed by atoms with Crippen molar-refractivity contribution in [2.45, 2.75) is 38.6 Å². The van der Waals surface area contributed by atoms with Crippen LogP contribution in [-0.4, -0.2) is 38.4 Å². The molecule has 1 rings (SSSR count). The number of esters is 1. The van der Waals surface area contributed by atoms with Gasteiger partial charge in [0.15, 0.2) is 0 Å². The van der Waals surface area contributed by atoms with E-state index >= 15 is 0 Å². The topological polar surface area (TPSA) is 47.6 Å². The Morgan fingerprint density at radius 2 is 2.12 bits per heavy atom. The van der Waals surface area contributed by atoms with Gasteiger partial charge in [-0.15, -0.1) is 0 Å². The largest absolute Gasteiger partial charge is 0.468 e. The molecule has 1 fully saturated rings. The van der Waals surface area contributed by atoms with Crippen LogP contribution in [0.25, 0.3) is 0 Å². The van der Waals surface area contributed by atoms with E-state index in [1.54, 1.807) is 0 Å². The molecule has 1 N–H and O–H groups in total. The number of likely N-dealkylation sites (N-methyl/N-ethyl adjacent to an activating group) is 1. The second-order valence-electron chi connectivity index (χ2n) is 4.32. The molecule has 0 heterocycles. The smallest absolute Gasteiger partial charge is 0.328 e. The van der Waals surface area contributed by atoms with Crippen LogP contribution < -0.4 is 5.32 Å². The van der Waals surface area contributed by atoms with Crippen molar-refractivity contribution in [2.24, 2.45) is 5.92 Å². The van der Waals surface area contributed by atoms with Gasteiger partial charge >= 0.3 is 5.97 Å². The van der Waals surface area contributed by atoms with E-state index in [2.05, 4.69) is 12.2 Å². The summed E-state index contributed by atoms with van der Waals surface area (Å²) in [5.41, 5.74) is -0.612. The van der Waals surface area contributed by atoms with Gasteiger partial charge < -0.3 is 9.47 Å². The van der Waals surface area contributed by atoms with Gasteiger partial charge in [-0.3, -0.25) is 5.32 Å². The van der Waals surface area contributed by atoms with Crippen molar-refractivity contribution in [3.63, 3.8) is 0 Å². The molecule has 0 aromatic rings. The maximum absolute atomic E-state index is 11.9. The van der Waals surface area contributed by atoms with E-state index in [0.29, 0.717) is 19.1 Å². The molecule has 0 bridgehead atoms. The highest BCUT2D eigenvalue weighted by atomic mass is 16.5. The fraction of sp³-hybridized carbons (Fsp3) is 0.917. The van der Waals surface area contributed by atoms with Gasteiger partial charge in [0, 0.05) is 6.61 Å². The third-order valence-corrected chi connectivity index (χ3v) is 2.99. The molecule has 1 atom stereocenters. The summed E-state index contributed by atoms with van der Waals surface area (Å²) in [6, 6.07) is 0. The fourth-order valence-corrected chi connectivity index (χ4v) is 2.06. The molecule has 0 aromatic carbocycles. The Morgan fingerprint density at radius 1 is 1.44 bits per heavy atom. The number of rotatable bonds is 8. The Morgan fingerprint density at radius 3 is 2.56 bits per heavy atom. The van der Waals surface area contributed by atoms with Crippen molar-refractivity contribution in [2.75, 3.05) is 26.9 Å². The third kappa shape index (κ3) is 2.95. The van der Waals surface area contributed by atoms with E-state index in [1.807, 2.05) is 6.92 Å². The lowest BCUT2D eigenvalue weighted by Gasteiger charge is -2.31. The molecule has 1 saturated carbocycles. The lowest BCUT2D eigenvalue weighted by molar-refractivity contribution is -0.153. The number of carbonyl (C=O) groups excluding carboxylic acids is 1. The van der Waals surface area contributed by atoms with Gasteiger partial charge in [-0.25, -0.2) is 4.79 Å². The standard InChI is InChI=1S/C12H23NO3/c1-4-8-16-9-12(13-5-2,10-6-7-10)11(14)15-3/h10,13H,4-9H2,1-3H3. The summed E-state index contributed by atoms with van der Waals surface area (Å²) in [5, 5.41) is 3.27. The van der Waals surface area contributed by atoms with E-state index in [1.165, 1.54) is 7.11 Å². The van der Waals surface area contributed by atoms with Crippen LogP contribution in [0.1, 0.15) is 33.1 Å². The van der Waals surface area contributed by atoms with Crippen LogP contribution in [-0.2, 0) is 14.3 Å². The molecule has 0 aliphatic heterocycles. The van der Waals surface area contributed by atoms with E-state index in [0.717, 1.165) is 25.8 Å². The molecule has 1 aliphatic rings. The van der Waals surface area contributed by atoms with Crippen molar-refractivity contribution in [3.8, 4) is 0 Å². The van der Waals surface area contributed by atoms with Crippen LogP contribution in [0.2, 0.25) is 0 Å². The first-order valence-electron chi connectivity index (χ1n) is 6.12. The predicted molar refractivity (Wildman–Crippen MR) is 62.3 cm³/mol. The molecule has 0 radical (unpaired) electrons. The number of hydrogen-bond donors (Lipinski definition) is 1. The molecular formula is C12H23NO3. The Bertz CT molecular complexity index is 228. The van der Waals surface area contributed by atoms with Crippen LogP contribution in [0.4, 0.5) is 0 Å². The zero-order valence-corrected chi connectivity index (χ0v) is 10.5. The van der Waals surface area contributed by atoms with Gasteiger partial charge in [-0.2, -0.15) is 0 Å². The summed E-state index contributed by atoms with van der Waals surface area (Å²) in [7, 11) is 1.44. The average Bonchev–Trinajstić information content (AvgIpc) is 3.11. The minimum absolute atomic E-state index is 0.187. The number of nitrogens with one attached hydrogen (secondary N) is 1. The lowest BCUT2D eigenvalue weighted by Crippen LogP contribution is -2.58. The van der Waals surface area contributed by atoms with E-state index in [-0.39, 0.29) is 5.97 Å². The number of ether oxygens (including phenoxy) is 2. The Labute approximate surface area is 97.7 Å². The van der Waals surface area contributed by atoms with Crippen molar-refractivity contribution in [1.29, 1.82) is 0 Å². The van der Waals surface area contributed by atoms with Gasteiger partial charge in [0.25, 0.3) is 0 Å². The van der Waals surface area contributed by atoms with Crippen molar-refractivity contribution in [3.05, 3.63) is 0 Å². The van der Waals surface area contributed by atoms with Gasteiger partial charge in [0.1, 0.15) is 5.54 Å². The van der Waals surface area contributed by atoms with Crippen molar-refractivity contribution >= 4 is 5.97 Å². The second kappa shape index (κ2) is 6.21. The number of methoxy groups -OCH3 is 1. The third-order valence-electron chi connectivity index (χ3n) is 2.99. The van der Waals surface area contributed by atoms with Gasteiger partial charge in [0.05, 0.1) is 13.7 Å². The zero-order valence-electron chi connectivity index (χ0n) is 10.5. The first-order chi connectivity index (χ1) is 7.71. The van der Waals surface area contributed by atoms with Crippen LogP contribution in [0, 0.1) is 5.92 Å². The molecule has 1 unspecified atom stereocenters. The molecule has 4 heteroatoms. The second-order valence-corrected chi connectivity index (χ2v) is 4.32. The minimum Gasteiger partial charge on any atom is -0.468 e. The Kier molecular flexibility index (Phi) is 5.22. The Hall–Kier alpha value is -0.610. The summed E-state index contributed by atoms with van der Waals surface area (Å²) in [4.78, 5) is 11.9. The first-order valence-corrected chi connectivity index (χ1v) is 6.12. The maximum Gasteiger partial charge on any atom is 0.328 e. The summed E-state index contributed by atoms with van der Waals surface area (Å²) < 4.78 is 10.5. The quantitative estimate of drug-likeness (QED) is 0.504. The maximum atomic E-state index is 11.9. The summed E-state index contributed by atoms with van der Waals surface area (Å²) in [6.45, 7) is 5.92. The summed E-state index contributed by atoms with van der Waals surface area (Å²) in [6.07, 6.45) is 3.13. The fourth-order valence-electron chi connectivity index (χ4n) is 2.06. The molecule has 0 amide bonds. The SMILES string of the molecule is CCCOCC(NCC)(C(=O)OC)C1CC1. The average molecular weight is 229 g/mol.